The van der Waals surface area contributed by atoms with Crippen molar-refractivity contribution in [2.45, 2.75) is 26.2 Å². The summed E-state index contributed by atoms with van der Waals surface area (Å²) in [6, 6.07) is 20.9. The average Bonchev–Trinajstić information content (AvgIpc) is 3.18. The summed E-state index contributed by atoms with van der Waals surface area (Å²) in [7, 11) is 0. The second-order valence-electron chi connectivity index (χ2n) is 11.9. The summed E-state index contributed by atoms with van der Waals surface area (Å²) in [5.74, 6) is -1.18. The summed E-state index contributed by atoms with van der Waals surface area (Å²) in [6.07, 6.45) is 3.15. The van der Waals surface area contributed by atoms with Crippen molar-refractivity contribution >= 4 is 46.3 Å². The topological polar surface area (TPSA) is 185 Å². The number of hydrogen-bond acceptors (Lipinski definition) is 11. The first-order chi connectivity index (χ1) is 25.7. The molecule has 1 aliphatic heterocycles. The molecular weight excluding hydrogens is 725 g/mol. The van der Waals surface area contributed by atoms with Crippen molar-refractivity contribution in [1.29, 1.82) is 0 Å². The molecule has 0 radical (unpaired) electrons. The summed E-state index contributed by atoms with van der Waals surface area (Å²) in [6.45, 7) is 4.08. The van der Waals surface area contributed by atoms with E-state index < -0.39 is 22.9 Å². The highest BCUT2D eigenvalue weighted by molar-refractivity contribution is 6.30. The van der Waals surface area contributed by atoms with Crippen LogP contribution in [0.15, 0.2) is 94.8 Å². The highest BCUT2D eigenvalue weighted by atomic mass is 35.5. The minimum Gasteiger partial charge on any atom is -0.392 e. The normalized spacial score (nSPS) is 13.0. The van der Waals surface area contributed by atoms with Crippen LogP contribution in [0.4, 0.5) is 0 Å². The van der Waals surface area contributed by atoms with E-state index in [0.29, 0.717) is 46.7 Å². The molecule has 0 aliphatic carbocycles. The second kappa shape index (κ2) is 17.3. The number of carbonyl (C=O) groups is 2. The van der Waals surface area contributed by atoms with Crippen molar-refractivity contribution in [3.8, 4) is 0 Å². The molecule has 0 saturated carbocycles. The van der Waals surface area contributed by atoms with Crippen LogP contribution in [0.5, 0.6) is 0 Å². The number of ether oxygens (including phenoxy) is 1. The lowest BCUT2D eigenvalue weighted by Crippen LogP contribution is -2.36. The van der Waals surface area contributed by atoms with Gasteiger partial charge in [0, 0.05) is 55.2 Å². The molecule has 7 rings (SSSR count). The molecular formula is C36H33Cl2N9O6. The lowest BCUT2D eigenvalue weighted by molar-refractivity contribution is 0.0341. The van der Waals surface area contributed by atoms with Crippen molar-refractivity contribution < 1.29 is 19.4 Å². The second-order valence-corrected chi connectivity index (χ2v) is 12.8. The average molecular weight is 759 g/mol. The van der Waals surface area contributed by atoms with Crippen LogP contribution in [0, 0.1) is 0 Å². The maximum atomic E-state index is 12.8. The lowest BCUT2D eigenvalue weighted by Gasteiger charge is -2.26. The van der Waals surface area contributed by atoms with Crippen LogP contribution < -0.4 is 21.8 Å². The van der Waals surface area contributed by atoms with Gasteiger partial charge in [-0.05, 0) is 58.7 Å². The Morgan fingerprint density at radius 2 is 1.08 bits per heavy atom. The van der Waals surface area contributed by atoms with Crippen LogP contribution in [0.3, 0.4) is 0 Å². The van der Waals surface area contributed by atoms with Crippen LogP contribution in [-0.4, -0.2) is 77.3 Å². The molecule has 0 spiro atoms. The van der Waals surface area contributed by atoms with Crippen LogP contribution in [0.2, 0.25) is 10.0 Å². The zero-order chi connectivity index (χ0) is 37.3. The zero-order valence-corrected chi connectivity index (χ0v) is 29.6. The smallest absolute Gasteiger partial charge is 0.289 e. The molecule has 0 bridgehead atoms. The van der Waals surface area contributed by atoms with Crippen molar-refractivity contribution in [3.63, 3.8) is 0 Å². The Bertz CT molecular complexity index is 2360. The van der Waals surface area contributed by atoms with Gasteiger partial charge in [-0.1, -0.05) is 59.6 Å². The van der Waals surface area contributed by atoms with Crippen molar-refractivity contribution in [2.24, 2.45) is 0 Å². The molecule has 2 amide bonds. The highest BCUT2D eigenvalue weighted by Crippen LogP contribution is 2.11. The van der Waals surface area contributed by atoms with Gasteiger partial charge in [0.2, 0.25) is 11.4 Å². The minimum atomic E-state index is -0.619. The van der Waals surface area contributed by atoms with E-state index in [-0.39, 0.29) is 31.1 Å². The van der Waals surface area contributed by atoms with Gasteiger partial charge >= 0.3 is 0 Å². The summed E-state index contributed by atoms with van der Waals surface area (Å²) in [5, 5.41) is 31.1. The molecule has 4 aromatic heterocycles. The molecule has 0 unspecified atom stereocenters. The molecule has 3 N–H and O–H groups in total. The van der Waals surface area contributed by atoms with Crippen molar-refractivity contribution in [3.05, 3.63) is 150 Å². The number of pyridine rings is 2. The van der Waals surface area contributed by atoms with E-state index in [9.17, 15) is 19.2 Å². The third kappa shape index (κ3) is 9.46. The Balaban J connectivity index is 0.000000185. The van der Waals surface area contributed by atoms with Gasteiger partial charge in [-0.3, -0.25) is 32.9 Å². The number of benzene rings is 2. The number of rotatable bonds is 9. The van der Waals surface area contributed by atoms with E-state index in [0.717, 1.165) is 29.8 Å². The van der Waals surface area contributed by atoms with E-state index in [2.05, 4.69) is 35.9 Å². The molecule has 53 heavy (non-hydrogen) atoms. The molecule has 1 fully saturated rings. The molecule has 1 saturated heterocycles. The molecule has 1 aliphatic rings. The minimum absolute atomic E-state index is 0.219. The number of nitrogens with one attached hydrogen (secondary N) is 2. The van der Waals surface area contributed by atoms with E-state index in [1.165, 1.54) is 15.0 Å². The number of fused-ring (bicyclic) bond motifs is 2. The van der Waals surface area contributed by atoms with Gasteiger partial charge in [-0.15, -0.1) is 20.4 Å². The van der Waals surface area contributed by atoms with Gasteiger partial charge in [0.25, 0.3) is 22.9 Å². The summed E-state index contributed by atoms with van der Waals surface area (Å²) in [5.41, 5.74) is 2.26. The first kappa shape index (κ1) is 37.2. The van der Waals surface area contributed by atoms with Gasteiger partial charge in [0.1, 0.15) is 0 Å². The predicted molar refractivity (Wildman–Crippen MR) is 196 cm³/mol. The fraction of sp³-hybridized carbons (Fsp3) is 0.222. The molecule has 272 valence electrons. The standard InChI is InChI=1S/C20H20ClN5O3.C16H13ClN4O3/c21-16-4-1-14(2-5-16)11-22-19(27)18-20(28)26-13-15(3-6-17(26)23-24-18)12-25-7-9-29-10-8-25;17-12-4-1-10(2-5-12)7-18-15(23)14-16(24)21-8-11(9-22)3-6-13(21)19-20-14/h1-6,13H,7-12H2,(H,22,27);1-6,8,22H,7,9H2,(H,18,23). The Labute approximate surface area is 311 Å². The molecule has 6 aromatic rings. The maximum Gasteiger partial charge on any atom is 0.289 e. The zero-order valence-electron chi connectivity index (χ0n) is 28.1. The van der Waals surface area contributed by atoms with E-state index in [4.69, 9.17) is 33.0 Å². The van der Waals surface area contributed by atoms with Crippen LogP contribution in [0.25, 0.3) is 11.3 Å². The number of amides is 2. The van der Waals surface area contributed by atoms with Gasteiger partial charge in [0.05, 0.1) is 19.8 Å². The molecule has 15 nitrogen and oxygen atoms in total. The van der Waals surface area contributed by atoms with Crippen LogP contribution in [0.1, 0.15) is 43.2 Å². The van der Waals surface area contributed by atoms with Gasteiger partial charge < -0.3 is 20.5 Å². The number of aliphatic hydroxyl groups excluding tert-OH is 1. The highest BCUT2D eigenvalue weighted by Gasteiger charge is 2.18. The summed E-state index contributed by atoms with van der Waals surface area (Å²) < 4.78 is 7.93. The van der Waals surface area contributed by atoms with Gasteiger partial charge in [-0.25, -0.2) is 0 Å². The van der Waals surface area contributed by atoms with Crippen LogP contribution >= 0.6 is 23.2 Å². The molecule has 5 heterocycles. The van der Waals surface area contributed by atoms with E-state index in [1.54, 1.807) is 72.9 Å². The third-order valence-corrected chi connectivity index (χ3v) is 8.68. The maximum absolute atomic E-state index is 12.8. The largest absolute Gasteiger partial charge is 0.392 e. The number of morpholine rings is 1. The quantitative estimate of drug-likeness (QED) is 0.197. The van der Waals surface area contributed by atoms with E-state index in [1.807, 2.05) is 6.07 Å². The van der Waals surface area contributed by atoms with Gasteiger partial charge in [0.15, 0.2) is 11.3 Å². The lowest BCUT2D eigenvalue weighted by atomic mass is 10.2. The number of aromatic nitrogens is 6. The number of hydrogen-bond donors (Lipinski definition) is 3. The number of nitrogens with zero attached hydrogens (tertiary/aromatic N) is 7. The molecule has 2 aromatic carbocycles. The number of aliphatic hydroxyl groups is 1. The van der Waals surface area contributed by atoms with Crippen molar-refractivity contribution in [1.82, 2.24) is 44.7 Å². The molecule has 0 atom stereocenters. The monoisotopic (exact) mass is 757 g/mol. The Morgan fingerprint density at radius 1 is 0.642 bits per heavy atom. The fourth-order valence-electron chi connectivity index (χ4n) is 5.30. The third-order valence-electron chi connectivity index (χ3n) is 8.18. The number of carbonyl (C=O) groups excluding carboxylic acids is 2. The first-order valence-corrected chi connectivity index (χ1v) is 17.2. The van der Waals surface area contributed by atoms with E-state index >= 15 is 0 Å². The SMILES string of the molecule is O=C(NCc1ccc(Cl)cc1)c1nnc2ccc(CN3CCOCC3)cn2c1=O.O=C(NCc1ccc(Cl)cc1)c1nnc2ccc(CO)cn2c1=O. The fourth-order valence-corrected chi connectivity index (χ4v) is 5.56. The number of halogens is 2. The molecule has 17 heteroatoms. The summed E-state index contributed by atoms with van der Waals surface area (Å²) in [4.78, 5) is 52.1. The predicted octanol–water partition coefficient (Wildman–Crippen LogP) is 2.67. The van der Waals surface area contributed by atoms with Crippen molar-refractivity contribution in [2.75, 3.05) is 26.3 Å². The Kier molecular flexibility index (Phi) is 12.1. The Morgan fingerprint density at radius 3 is 1.55 bits per heavy atom. The summed E-state index contributed by atoms with van der Waals surface area (Å²) >= 11 is 11.7. The van der Waals surface area contributed by atoms with Crippen LogP contribution in [-0.2, 0) is 31.0 Å². The Hall–Kier alpha value is -5.58. The van der Waals surface area contributed by atoms with Gasteiger partial charge in [-0.2, -0.15) is 0 Å². The first-order valence-electron chi connectivity index (χ1n) is 16.4.